The molecule has 0 saturated heterocycles. The zero-order chi connectivity index (χ0) is 17.2. The van der Waals surface area contributed by atoms with Gasteiger partial charge in [-0.3, -0.25) is 0 Å². The summed E-state index contributed by atoms with van der Waals surface area (Å²) in [4.78, 5) is 4.16. The Balaban J connectivity index is 1.71. The lowest BCUT2D eigenvalue weighted by Crippen LogP contribution is -2.42. The van der Waals surface area contributed by atoms with Crippen LogP contribution >= 0.6 is 12.2 Å². The minimum Gasteiger partial charge on any atom is -0.487 e. The van der Waals surface area contributed by atoms with Gasteiger partial charge in [0.1, 0.15) is 11.4 Å². The Morgan fingerprint density at radius 3 is 2.79 bits per heavy atom. The molecule has 0 fully saturated rings. The van der Waals surface area contributed by atoms with Gasteiger partial charge in [-0.1, -0.05) is 18.2 Å². The minimum absolute atomic E-state index is 0.0937. The number of methoxy groups -OCH3 is 1. The van der Waals surface area contributed by atoms with Gasteiger partial charge in [0, 0.05) is 18.1 Å². The molecule has 2 aromatic rings. The Bertz CT molecular complexity index is 731. The molecule has 1 aromatic carbocycles. The van der Waals surface area contributed by atoms with E-state index in [0.717, 1.165) is 23.4 Å². The molecule has 0 bridgehead atoms. The highest BCUT2D eigenvalue weighted by Crippen LogP contribution is 2.39. The molecule has 0 unspecified atom stereocenters. The summed E-state index contributed by atoms with van der Waals surface area (Å²) in [7, 11) is 1.59. The first kappa shape index (κ1) is 16.5. The largest absolute Gasteiger partial charge is 0.487 e. The third-order valence-electron chi connectivity index (χ3n) is 3.89. The smallest absolute Gasteiger partial charge is 0.213 e. The van der Waals surface area contributed by atoms with E-state index in [0.29, 0.717) is 11.0 Å². The van der Waals surface area contributed by atoms with Crippen molar-refractivity contribution in [3.8, 4) is 11.6 Å². The van der Waals surface area contributed by atoms with Crippen molar-refractivity contribution in [1.29, 1.82) is 0 Å². The number of hydrogen-bond donors (Lipinski definition) is 2. The highest BCUT2D eigenvalue weighted by molar-refractivity contribution is 7.80. The summed E-state index contributed by atoms with van der Waals surface area (Å²) in [5.41, 5.74) is 1.69. The minimum atomic E-state index is -0.247. The number of nitrogens with zero attached hydrogens (tertiary/aromatic N) is 1. The predicted octanol–water partition coefficient (Wildman–Crippen LogP) is 3.68. The Morgan fingerprint density at radius 2 is 2.08 bits per heavy atom. The molecule has 126 valence electrons. The highest BCUT2D eigenvalue weighted by Gasteiger charge is 2.33. The van der Waals surface area contributed by atoms with Crippen molar-refractivity contribution >= 4 is 23.0 Å². The average Bonchev–Trinajstić information content (AvgIpc) is 2.54. The van der Waals surface area contributed by atoms with Gasteiger partial charge in [0.25, 0.3) is 0 Å². The van der Waals surface area contributed by atoms with Crippen molar-refractivity contribution in [2.75, 3.05) is 12.4 Å². The quantitative estimate of drug-likeness (QED) is 0.829. The molecule has 1 atom stereocenters. The third-order valence-corrected chi connectivity index (χ3v) is 4.10. The molecule has 1 aliphatic rings. The van der Waals surface area contributed by atoms with Crippen LogP contribution in [0.4, 0.5) is 5.69 Å². The fraction of sp³-hybridized carbons (Fsp3) is 0.333. The number of benzene rings is 1. The first-order valence-corrected chi connectivity index (χ1v) is 8.23. The summed E-state index contributed by atoms with van der Waals surface area (Å²) in [6.45, 7) is 4.17. The van der Waals surface area contributed by atoms with Gasteiger partial charge in [-0.2, -0.15) is 0 Å². The lowest BCUT2D eigenvalue weighted by atomic mass is 9.90. The van der Waals surface area contributed by atoms with E-state index in [2.05, 4.69) is 35.5 Å². The molecule has 0 aliphatic carbocycles. The maximum Gasteiger partial charge on any atom is 0.213 e. The van der Waals surface area contributed by atoms with Crippen LogP contribution in [0.1, 0.15) is 31.9 Å². The monoisotopic (exact) mass is 343 g/mol. The third kappa shape index (κ3) is 3.76. The second-order valence-corrected chi connectivity index (χ2v) is 6.75. The number of hydrogen-bond acceptors (Lipinski definition) is 4. The fourth-order valence-corrected chi connectivity index (χ4v) is 3.09. The van der Waals surface area contributed by atoms with Crippen molar-refractivity contribution < 1.29 is 9.47 Å². The van der Waals surface area contributed by atoms with E-state index in [9.17, 15) is 0 Å². The van der Waals surface area contributed by atoms with Crippen molar-refractivity contribution in [2.24, 2.45) is 0 Å². The van der Waals surface area contributed by atoms with Crippen LogP contribution in [0.3, 0.4) is 0 Å². The summed E-state index contributed by atoms with van der Waals surface area (Å²) < 4.78 is 11.1. The first-order valence-electron chi connectivity index (χ1n) is 7.82. The number of para-hydroxylation sites is 1. The fourth-order valence-electron chi connectivity index (χ4n) is 2.83. The van der Waals surface area contributed by atoms with E-state index in [1.54, 1.807) is 19.4 Å². The maximum absolute atomic E-state index is 6.05. The molecule has 0 amide bonds. The molecule has 3 rings (SSSR count). The molecular weight excluding hydrogens is 322 g/mol. The van der Waals surface area contributed by atoms with Gasteiger partial charge in [0.05, 0.1) is 25.0 Å². The van der Waals surface area contributed by atoms with Crippen LogP contribution in [0.5, 0.6) is 11.6 Å². The number of thiocarbonyl (C=S) groups is 1. The van der Waals surface area contributed by atoms with Gasteiger partial charge < -0.3 is 20.1 Å². The first-order chi connectivity index (χ1) is 11.5. The second-order valence-electron chi connectivity index (χ2n) is 6.34. The Morgan fingerprint density at radius 1 is 1.29 bits per heavy atom. The van der Waals surface area contributed by atoms with Crippen LogP contribution in [0.25, 0.3) is 0 Å². The van der Waals surface area contributed by atoms with E-state index in [1.165, 1.54) is 0 Å². The molecule has 5 nitrogen and oxygen atoms in total. The van der Waals surface area contributed by atoms with Gasteiger partial charge in [-0.15, -0.1) is 0 Å². The van der Waals surface area contributed by atoms with Crippen molar-refractivity contribution in [2.45, 2.75) is 31.9 Å². The van der Waals surface area contributed by atoms with E-state index >= 15 is 0 Å². The molecule has 0 saturated carbocycles. The van der Waals surface area contributed by atoms with Crippen LogP contribution < -0.4 is 20.1 Å². The molecule has 2 N–H and O–H groups in total. The van der Waals surface area contributed by atoms with Gasteiger partial charge in [0.15, 0.2) is 5.11 Å². The molecule has 24 heavy (non-hydrogen) atoms. The summed E-state index contributed by atoms with van der Waals surface area (Å²) >= 11 is 5.46. The highest BCUT2D eigenvalue weighted by atomic mass is 32.1. The molecule has 1 aromatic heterocycles. The standard InChI is InChI=1S/C18H21N3O2S/c1-18(2)10-14(13-6-4-5-7-15(13)23-18)21-17(24)20-12-8-9-16(22-3)19-11-12/h4-9,11,14H,10H2,1-3H3,(H2,20,21,24)/t14-/m0/s1. The number of aromatic nitrogens is 1. The van der Waals surface area contributed by atoms with Crippen molar-refractivity contribution in [1.82, 2.24) is 10.3 Å². The number of rotatable bonds is 3. The Kier molecular flexibility index (Phi) is 4.57. The topological polar surface area (TPSA) is 55.4 Å². The maximum atomic E-state index is 6.05. The van der Waals surface area contributed by atoms with Crippen molar-refractivity contribution in [3.63, 3.8) is 0 Å². The molecule has 6 heteroatoms. The molecular formula is C18H21N3O2S. The van der Waals surface area contributed by atoms with Crippen LogP contribution in [0.2, 0.25) is 0 Å². The number of pyridine rings is 1. The van der Waals surface area contributed by atoms with E-state index in [-0.39, 0.29) is 11.6 Å². The Hall–Kier alpha value is -2.34. The predicted molar refractivity (Wildman–Crippen MR) is 98.7 cm³/mol. The SMILES string of the molecule is COc1ccc(NC(=S)N[C@H]2CC(C)(C)Oc3ccccc32)cn1. The van der Waals surface area contributed by atoms with E-state index in [4.69, 9.17) is 21.7 Å². The van der Waals surface area contributed by atoms with Crippen LogP contribution in [-0.2, 0) is 0 Å². The Labute approximate surface area is 147 Å². The lowest BCUT2D eigenvalue weighted by molar-refractivity contribution is 0.0697. The lowest BCUT2D eigenvalue weighted by Gasteiger charge is -2.38. The number of fused-ring (bicyclic) bond motifs is 1. The van der Waals surface area contributed by atoms with Gasteiger partial charge in [-0.25, -0.2) is 4.98 Å². The second kappa shape index (κ2) is 6.65. The van der Waals surface area contributed by atoms with Gasteiger partial charge in [0.2, 0.25) is 5.88 Å². The van der Waals surface area contributed by atoms with E-state index < -0.39 is 0 Å². The van der Waals surface area contributed by atoms with Crippen LogP contribution in [-0.4, -0.2) is 22.8 Å². The van der Waals surface area contributed by atoms with Gasteiger partial charge >= 0.3 is 0 Å². The summed E-state index contributed by atoms with van der Waals surface area (Å²) in [6, 6.07) is 11.8. The summed E-state index contributed by atoms with van der Waals surface area (Å²) in [5.74, 6) is 1.47. The molecule has 1 aliphatic heterocycles. The molecule has 2 heterocycles. The average molecular weight is 343 g/mol. The summed E-state index contributed by atoms with van der Waals surface area (Å²) in [5, 5.41) is 7.10. The molecule has 0 spiro atoms. The van der Waals surface area contributed by atoms with Crippen molar-refractivity contribution in [3.05, 3.63) is 48.2 Å². The van der Waals surface area contributed by atoms with Gasteiger partial charge in [-0.05, 0) is 38.2 Å². The normalized spacial score (nSPS) is 18.0. The van der Waals surface area contributed by atoms with Crippen LogP contribution in [0.15, 0.2) is 42.6 Å². The summed E-state index contributed by atoms with van der Waals surface area (Å²) in [6.07, 6.45) is 2.52. The number of anilines is 1. The zero-order valence-corrected chi connectivity index (χ0v) is 14.8. The number of nitrogens with one attached hydrogen (secondary N) is 2. The van der Waals surface area contributed by atoms with Crippen LogP contribution in [0, 0.1) is 0 Å². The van der Waals surface area contributed by atoms with E-state index in [1.807, 2.05) is 24.3 Å². The zero-order valence-electron chi connectivity index (χ0n) is 14.0. The number of ether oxygens (including phenoxy) is 2. The molecule has 0 radical (unpaired) electrons.